The zero-order valence-corrected chi connectivity index (χ0v) is 14.4. The van der Waals surface area contributed by atoms with Gasteiger partial charge in [0.15, 0.2) is 12.4 Å². The molecule has 1 amide bonds. The van der Waals surface area contributed by atoms with Gasteiger partial charge in [-0.1, -0.05) is 18.2 Å². The number of carbonyl (C=O) groups is 1. The van der Waals surface area contributed by atoms with E-state index in [0.29, 0.717) is 16.7 Å². The van der Waals surface area contributed by atoms with Crippen LogP contribution in [0.5, 0.6) is 5.75 Å². The first-order valence-electron chi connectivity index (χ1n) is 6.28. The van der Waals surface area contributed by atoms with Gasteiger partial charge in [-0.05, 0) is 40.2 Å². The first kappa shape index (κ1) is 15.1. The number of nitrogens with one attached hydrogen (secondary N) is 1. The maximum absolute atomic E-state index is 11.8. The number of benzene rings is 1. The third-order valence-corrected chi connectivity index (χ3v) is 4.83. The number of hydrogen-bond donors (Lipinski definition) is 1. The molecule has 0 atom stereocenters. The summed E-state index contributed by atoms with van der Waals surface area (Å²) < 4.78 is 10.6. The maximum atomic E-state index is 11.8. The molecule has 8 heteroatoms. The number of rotatable bonds is 5. The summed E-state index contributed by atoms with van der Waals surface area (Å²) in [6, 6.07) is 13.1. The molecule has 0 unspecified atom stereocenters. The largest absolute Gasteiger partial charge is 0.484 e. The number of hydrogen-bond acceptors (Lipinski definition) is 6. The molecule has 0 saturated heterocycles. The van der Waals surface area contributed by atoms with Crippen LogP contribution in [0.1, 0.15) is 0 Å². The van der Waals surface area contributed by atoms with E-state index in [1.54, 1.807) is 23.5 Å². The quantitative estimate of drug-likeness (QED) is 0.707. The second-order valence-electron chi connectivity index (χ2n) is 4.18. The summed E-state index contributed by atoms with van der Waals surface area (Å²) in [5, 5.41) is 3.14. The number of aromatic nitrogens is 2. The van der Waals surface area contributed by atoms with Crippen molar-refractivity contribution in [2.24, 2.45) is 0 Å². The van der Waals surface area contributed by atoms with E-state index in [1.165, 1.54) is 0 Å². The Labute approximate surface area is 143 Å². The monoisotopic (exact) mass is 395 g/mol. The number of halogens is 1. The predicted molar refractivity (Wildman–Crippen MR) is 91.5 cm³/mol. The van der Waals surface area contributed by atoms with Gasteiger partial charge in [0.1, 0.15) is 5.75 Å². The Hall–Kier alpha value is -1.77. The van der Waals surface area contributed by atoms with E-state index in [4.69, 9.17) is 4.74 Å². The normalized spacial score (nSPS) is 10.4. The van der Waals surface area contributed by atoms with Crippen molar-refractivity contribution in [3.8, 4) is 16.5 Å². The summed E-state index contributed by atoms with van der Waals surface area (Å²) in [6.45, 7) is -0.0660. The molecule has 3 aromatic rings. The maximum Gasteiger partial charge on any atom is 0.264 e. The van der Waals surface area contributed by atoms with Crippen molar-refractivity contribution in [2.75, 3.05) is 11.9 Å². The zero-order chi connectivity index (χ0) is 15.4. The van der Waals surface area contributed by atoms with E-state index in [2.05, 4.69) is 30.6 Å². The Balaban J connectivity index is 1.57. The average molecular weight is 396 g/mol. The summed E-state index contributed by atoms with van der Waals surface area (Å²) in [6.07, 6.45) is 0. The lowest BCUT2D eigenvalue weighted by atomic mass is 10.3. The SMILES string of the molecule is O=C(COc1ccccc1)Nc1nc(-c2ccc(Br)s2)ns1. The molecule has 1 aromatic carbocycles. The van der Waals surface area contributed by atoms with Crippen LogP contribution in [0.3, 0.4) is 0 Å². The molecule has 3 rings (SSSR count). The van der Waals surface area contributed by atoms with Crippen LogP contribution >= 0.6 is 38.8 Å². The summed E-state index contributed by atoms with van der Waals surface area (Å²) >= 11 is 6.09. The molecular weight excluding hydrogens is 386 g/mol. The van der Waals surface area contributed by atoms with Gasteiger partial charge in [0, 0.05) is 11.5 Å². The second-order valence-corrected chi connectivity index (χ2v) is 7.39. The van der Waals surface area contributed by atoms with Crippen LogP contribution in [0.2, 0.25) is 0 Å². The fraction of sp³-hybridized carbons (Fsp3) is 0.0714. The van der Waals surface area contributed by atoms with Crippen molar-refractivity contribution in [1.82, 2.24) is 9.36 Å². The number of anilines is 1. The lowest BCUT2D eigenvalue weighted by Gasteiger charge is -2.04. The first-order chi connectivity index (χ1) is 10.7. The first-order valence-corrected chi connectivity index (χ1v) is 8.66. The molecule has 0 saturated carbocycles. The topological polar surface area (TPSA) is 64.1 Å². The molecule has 0 aliphatic heterocycles. The van der Waals surface area contributed by atoms with Crippen molar-refractivity contribution in [2.45, 2.75) is 0 Å². The fourth-order valence-electron chi connectivity index (χ4n) is 1.63. The minimum absolute atomic E-state index is 0.0660. The van der Waals surface area contributed by atoms with Gasteiger partial charge in [-0.15, -0.1) is 11.3 Å². The second kappa shape index (κ2) is 6.99. The van der Waals surface area contributed by atoms with Gasteiger partial charge in [0.05, 0.1) is 8.66 Å². The van der Waals surface area contributed by atoms with Gasteiger partial charge < -0.3 is 4.74 Å². The smallest absolute Gasteiger partial charge is 0.264 e. The van der Waals surface area contributed by atoms with Gasteiger partial charge in [-0.2, -0.15) is 9.36 Å². The van der Waals surface area contributed by atoms with E-state index in [-0.39, 0.29) is 12.5 Å². The van der Waals surface area contributed by atoms with Gasteiger partial charge >= 0.3 is 0 Å². The van der Waals surface area contributed by atoms with Gasteiger partial charge in [-0.25, -0.2) is 0 Å². The molecule has 0 aliphatic carbocycles. The highest BCUT2D eigenvalue weighted by Crippen LogP contribution is 2.30. The molecule has 2 heterocycles. The van der Waals surface area contributed by atoms with Crippen molar-refractivity contribution in [3.05, 3.63) is 46.3 Å². The third kappa shape index (κ3) is 3.90. The molecule has 5 nitrogen and oxygen atoms in total. The lowest BCUT2D eigenvalue weighted by Crippen LogP contribution is -2.19. The van der Waals surface area contributed by atoms with Gasteiger partial charge in [0.2, 0.25) is 5.13 Å². The highest BCUT2D eigenvalue weighted by atomic mass is 79.9. The summed E-state index contributed by atoms with van der Waals surface area (Å²) in [5.41, 5.74) is 0. The number of carbonyl (C=O) groups excluding carboxylic acids is 1. The molecule has 0 fully saturated rings. The minimum atomic E-state index is -0.265. The van der Waals surface area contributed by atoms with Crippen molar-refractivity contribution >= 4 is 49.8 Å². The number of nitrogens with zero attached hydrogens (tertiary/aromatic N) is 2. The Morgan fingerprint density at radius 1 is 1.23 bits per heavy atom. The van der Waals surface area contributed by atoms with E-state index >= 15 is 0 Å². The molecule has 0 aliphatic rings. The average Bonchev–Trinajstić information content (AvgIpc) is 3.15. The van der Waals surface area contributed by atoms with E-state index in [9.17, 15) is 4.79 Å². The highest BCUT2D eigenvalue weighted by Gasteiger charge is 2.11. The van der Waals surface area contributed by atoms with Gasteiger partial charge in [-0.3, -0.25) is 10.1 Å². The van der Waals surface area contributed by atoms with E-state index in [0.717, 1.165) is 20.2 Å². The summed E-state index contributed by atoms with van der Waals surface area (Å²) in [5.74, 6) is 0.998. The van der Waals surface area contributed by atoms with Crippen LogP contribution in [0, 0.1) is 0 Å². The van der Waals surface area contributed by atoms with Crippen molar-refractivity contribution in [1.29, 1.82) is 0 Å². The molecular formula is C14H10BrN3O2S2. The molecule has 2 aromatic heterocycles. The molecule has 1 N–H and O–H groups in total. The zero-order valence-electron chi connectivity index (χ0n) is 11.2. The van der Waals surface area contributed by atoms with E-state index in [1.807, 2.05) is 30.3 Å². The summed E-state index contributed by atoms with van der Waals surface area (Å²) in [4.78, 5) is 17.1. The van der Waals surface area contributed by atoms with Crippen LogP contribution in [0.15, 0.2) is 46.3 Å². The molecule has 0 radical (unpaired) electrons. The van der Waals surface area contributed by atoms with Crippen LogP contribution < -0.4 is 10.1 Å². The molecule has 112 valence electrons. The fourth-order valence-corrected chi connectivity index (χ4v) is 3.61. The summed E-state index contributed by atoms with van der Waals surface area (Å²) in [7, 11) is 0. The number of thiophene rings is 1. The number of amides is 1. The lowest BCUT2D eigenvalue weighted by molar-refractivity contribution is -0.118. The Bertz CT molecular complexity index is 773. The van der Waals surface area contributed by atoms with E-state index < -0.39 is 0 Å². The Morgan fingerprint density at radius 3 is 2.77 bits per heavy atom. The van der Waals surface area contributed by atoms with Crippen LogP contribution in [-0.4, -0.2) is 21.9 Å². The van der Waals surface area contributed by atoms with Crippen molar-refractivity contribution < 1.29 is 9.53 Å². The molecule has 0 bridgehead atoms. The van der Waals surface area contributed by atoms with Crippen molar-refractivity contribution in [3.63, 3.8) is 0 Å². The van der Waals surface area contributed by atoms with Crippen LogP contribution in [-0.2, 0) is 4.79 Å². The van der Waals surface area contributed by atoms with Crippen LogP contribution in [0.25, 0.3) is 10.7 Å². The van der Waals surface area contributed by atoms with Crippen LogP contribution in [0.4, 0.5) is 5.13 Å². The predicted octanol–water partition coefficient (Wildman–Crippen LogP) is 4.05. The highest BCUT2D eigenvalue weighted by molar-refractivity contribution is 9.11. The van der Waals surface area contributed by atoms with Gasteiger partial charge in [0.25, 0.3) is 5.91 Å². The third-order valence-electron chi connectivity index (χ3n) is 2.58. The molecule has 22 heavy (non-hydrogen) atoms. The Kier molecular flexibility index (Phi) is 4.81. The minimum Gasteiger partial charge on any atom is -0.484 e. The standard InChI is InChI=1S/C14H10BrN3O2S2/c15-11-7-6-10(21-11)13-17-14(22-18-13)16-12(19)8-20-9-4-2-1-3-5-9/h1-7H,8H2,(H,16,17,18,19). The number of para-hydroxylation sites is 1. The number of ether oxygens (including phenoxy) is 1. The molecule has 0 spiro atoms. The Morgan fingerprint density at radius 2 is 2.05 bits per heavy atom.